The van der Waals surface area contributed by atoms with E-state index < -0.39 is 11.9 Å². The fourth-order valence-electron chi connectivity index (χ4n) is 2.78. The van der Waals surface area contributed by atoms with E-state index in [1.807, 2.05) is 25.1 Å². The second-order valence-electron chi connectivity index (χ2n) is 5.98. The summed E-state index contributed by atoms with van der Waals surface area (Å²) in [6, 6.07) is 8.30. The lowest BCUT2D eigenvalue weighted by atomic mass is 10.2. The Bertz CT molecular complexity index is 1180. The minimum absolute atomic E-state index is 0.0957. The normalized spacial score (nSPS) is 11.9. The summed E-state index contributed by atoms with van der Waals surface area (Å²) in [6.45, 7) is 1.99. The maximum Gasteiger partial charge on any atom is 0.433 e. The molecular weight excluding hydrogens is 423 g/mol. The summed E-state index contributed by atoms with van der Waals surface area (Å²) >= 11 is 7.98. The minimum atomic E-state index is -4.56. The van der Waals surface area contributed by atoms with Gasteiger partial charge in [0.25, 0.3) is 0 Å². The van der Waals surface area contributed by atoms with Gasteiger partial charge in [0.2, 0.25) is 0 Å². The van der Waals surface area contributed by atoms with Crippen molar-refractivity contribution in [3.63, 3.8) is 0 Å². The highest BCUT2D eigenvalue weighted by Crippen LogP contribution is 2.34. The summed E-state index contributed by atoms with van der Waals surface area (Å²) in [4.78, 5) is 13.0. The molecule has 0 bridgehead atoms. The molecule has 0 spiro atoms. The van der Waals surface area contributed by atoms with Crippen LogP contribution < -0.4 is 0 Å². The molecule has 0 atom stereocenters. The number of thioether (sulfide) groups is 1. The fourth-order valence-corrected chi connectivity index (χ4v) is 3.78. The van der Waals surface area contributed by atoms with E-state index >= 15 is 0 Å². The topological polar surface area (TPSA) is 56.5 Å². The molecule has 0 saturated heterocycles. The third-order valence-corrected chi connectivity index (χ3v) is 5.37. The molecule has 0 aliphatic heterocycles. The molecule has 0 radical (unpaired) electrons. The van der Waals surface area contributed by atoms with Crippen molar-refractivity contribution < 1.29 is 13.2 Å². The minimum Gasteiger partial charge on any atom is -0.264 e. The van der Waals surface area contributed by atoms with E-state index in [9.17, 15) is 13.2 Å². The van der Waals surface area contributed by atoms with E-state index in [1.54, 1.807) is 18.5 Å². The molecule has 0 saturated carbocycles. The third-order valence-electron chi connectivity index (χ3n) is 4.09. The summed E-state index contributed by atoms with van der Waals surface area (Å²) in [5.74, 6) is 1.21. The summed E-state index contributed by atoms with van der Waals surface area (Å²) in [5, 5.41) is 4.76. The first-order valence-electron chi connectivity index (χ1n) is 8.54. The molecule has 4 aromatic rings. The zero-order valence-corrected chi connectivity index (χ0v) is 16.6. The quantitative estimate of drug-likeness (QED) is 0.387. The van der Waals surface area contributed by atoms with Crippen molar-refractivity contribution in [1.82, 2.24) is 24.7 Å². The number of fused-ring (bicyclic) bond motifs is 1. The van der Waals surface area contributed by atoms with Crippen LogP contribution in [0.25, 0.3) is 28.0 Å². The van der Waals surface area contributed by atoms with Crippen LogP contribution in [0.3, 0.4) is 0 Å². The number of hydrogen-bond donors (Lipinski definition) is 0. The molecule has 148 valence electrons. The van der Waals surface area contributed by atoms with Crippen LogP contribution >= 0.6 is 23.4 Å². The molecule has 4 rings (SSSR count). The van der Waals surface area contributed by atoms with Gasteiger partial charge >= 0.3 is 6.18 Å². The number of hydrogen-bond acceptors (Lipinski definition) is 5. The van der Waals surface area contributed by atoms with Crippen molar-refractivity contribution in [3.05, 3.63) is 59.8 Å². The van der Waals surface area contributed by atoms with Crippen molar-refractivity contribution >= 4 is 34.3 Å². The number of rotatable bonds is 4. The number of halogens is 4. The molecule has 0 fully saturated rings. The molecule has 0 amide bonds. The van der Waals surface area contributed by atoms with Gasteiger partial charge in [0, 0.05) is 24.2 Å². The number of nitrogens with zero attached hydrogens (tertiary/aromatic N) is 5. The first-order valence-corrected chi connectivity index (χ1v) is 9.91. The van der Waals surface area contributed by atoms with E-state index in [-0.39, 0.29) is 10.7 Å². The monoisotopic (exact) mass is 435 g/mol. The van der Waals surface area contributed by atoms with Gasteiger partial charge in [-0.3, -0.25) is 9.97 Å². The van der Waals surface area contributed by atoms with E-state index in [0.29, 0.717) is 16.9 Å². The molecule has 29 heavy (non-hydrogen) atoms. The van der Waals surface area contributed by atoms with Crippen molar-refractivity contribution in [1.29, 1.82) is 0 Å². The Kier molecular flexibility index (Phi) is 5.18. The Morgan fingerprint density at radius 2 is 2.00 bits per heavy atom. The Hall–Kier alpha value is -2.65. The molecule has 4 heterocycles. The van der Waals surface area contributed by atoms with E-state index in [0.717, 1.165) is 28.5 Å². The molecule has 0 aromatic carbocycles. The zero-order chi connectivity index (χ0) is 20.6. The average molecular weight is 436 g/mol. The number of aromatic nitrogens is 5. The third kappa shape index (κ3) is 3.79. The van der Waals surface area contributed by atoms with Crippen LogP contribution in [0.1, 0.15) is 12.6 Å². The Morgan fingerprint density at radius 1 is 1.17 bits per heavy atom. The average Bonchev–Trinajstić information content (AvgIpc) is 3.04. The first-order chi connectivity index (χ1) is 13.9. The second-order valence-corrected chi connectivity index (χ2v) is 7.64. The summed E-state index contributed by atoms with van der Waals surface area (Å²) in [5.41, 5.74) is 0.527. The number of alkyl halides is 3. The molecule has 0 aliphatic carbocycles. The van der Waals surface area contributed by atoms with Crippen LogP contribution in [0.15, 0.2) is 53.8 Å². The van der Waals surface area contributed by atoms with Crippen LogP contribution in [0.4, 0.5) is 13.2 Å². The van der Waals surface area contributed by atoms with Gasteiger partial charge < -0.3 is 0 Å². The standard InChI is InChI=1S/C19H13ClF3N5S/c1-2-29-15-6-5-13(11-4-3-7-24-9-11)26-18(15)28-17(20)12-10-25-16(19(21,22)23)8-14(12)27-28/h3-10H,2H2,1H3. The lowest BCUT2D eigenvalue weighted by molar-refractivity contribution is -0.141. The summed E-state index contributed by atoms with van der Waals surface area (Å²) in [6.07, 6.45) is -0.138. The Morgan fingerprint density at radius 3 is 2.69 bits per heavy atom. The van der Waals surface area contributed by atoms with Crippen molar-refractivity contribution in [3.8, 4) is 17.1 Å². The highest BCUT2D eigenvalue weighted by molar-refractivity contribution is 7.99. The van der Waals surface area contributed by atoms with Gasteiger partial charge in [-0.1, -0.05) is 18.5 Å². The summed E-state index contributed by atoms with van der Waals surface area (Å²) in [7, 11) is 0. The van der Waals surface area contributed by atoms with Crippen molar-refractivity contribution in [2.45, 2.75) is 18.0 Å². The maximum atomic E-state index is 13.0. The molecule has 4 aromatic heterocycles. The Balaban J connectivity index is 1.90. The second kappa shape index (κ2) is 7.64. The van der Waals surface area contributed by atoms with Crippen LogP contribution in [-0.4, -0.2) is 30.5 Å². The van der Waals surface area contributed by atoms with Crippen molar-refractivity contribution in [2.75, 3.05) is 5.75 Å². The van der Waals surface area contributed by atoms with Gasteiger partial charge in [0.05, 0.1) is 21.5 Å². The zero-order valence-electron chi connectivity index (χ0n) is 15.0. The lowest BCUT2D eigenvalue weighted by Crippen LogP contribution is -2.07. The van der Waals surface area contributed by atoms with E-state index in [2.05, 4.69) is 20.1 Å². The Labute approximate surface area is 173 Å². The van der Waals surface area contributed by atoms with Gasteiger partial charge in [-0.15, -0.1) is 11.8 Å². The highest BCUT2D eigenvalue weighted by atomic mass is 35.5. The van der Waals surface area contributed by atoms with Gasteiger partial charge in [-0.2, -0.15) is 18.3 Å². The maximum absolute atomic E-state index is 13.0. The van der Waals surface area contributed by atoms with Crippen LogP contribution in [-0.2, 0) is 6.18 Å². The molecule has 0 N–H and O–H groups in total. The number of pyridine rings is 3. The smallest absolute Gasteiger partial charge is 0.264 e. The predicted octanol–water partition coefficient (Wildman–Crippen LogP) is 5.66. The SMILES string of the molecule is CCSc1ccc(-c2cccnc2)nc1-n1nc2cc(C(F)(F)F)ncc2c1Cl. The molecule has 5 nitrogen and oxygen atoms in total. The fraction of sp³-hybridized carbons (Fsp3) is 0.158. The van der Waals surface area contributed by atoms with Crippen LogP contribution in [0.5, 0.6) is 0 Å². The van der Waals surface area contributed by atoms with Crippen LogP contribution in [0, 0.1) is 0 Å². The van der Waals surface area contributed by atoms with E-state index in [1.165, 1.54) is 16.4 Å². The van der Waals surface area contributed by atoms with E-state index in [4.69, 9.17) is 11.6 Å². The lowest BCUT2D eigenvalue weighted by Gasteiger charge is -2.11. The van der Waals surface area contributed by atoms with Gasteiger partial charge in [0.1, 0.15) is 10.8 Å². The van der Waals surface area contributed by atoms with Crippen LogP contribution in [0.2, 0.25) is 5.15 Å². The molecule has 10 heteroatoms. The van der Waals surface area contributed by atoms with Gasteiger partial charge in [0.15, 0.2) is 5.82 Å². The van der Waals surface area contributed by atoms with Crippen molar-refractivity contribution in [2.24, 2.45) is 0 Å². The highest BCUT2D eigenvalue weighted by Gasteiger charge is 2.33. The molecular formula is C19H13ClF3N5S. The predicted molar refractivity (Wildman–Crippen MR) is 106 cm³/mol. The summed E-state index contributed by atoms with van der Waals surface area (Å²) < 4.78 is 40.4. The molecule has 0 unspecified atom stereocenters. The van der Waals surface area contributed by atoms with Gasteiger partial charge in [-0.25, -0.2) is 9.67 Å². The van der Waals surface area contributed by atoms with Gasteiger partial charge in [-0.05, 0) is 36.1 Å². The first kappa shape index (κ1) is 19.7. The largest absolute Gasteiger partial charge is 0.433 e. The molecule has 0 aliphatic rings.